The Morgan fingerprint density at radius 2 is 2.67 bits per heavy atom. The van der Waals surface area contributed by atoms with Crippen molar-refractivity contribution in [3.63, 3.8) is 0 Å². The van der Waals surface area contributed by atoms with E-state index in [1.54, 1.807) is 18.3 Å². The fourth-order valence-corrected chi connectivity index (χ4v) is 0.765. The van der Waals surface area contributed by atoms with E-state index in [4.69, 9.17) is 0 Å². The lowest BCUT2D eigenvalue weighted by atomic mass is 10.4. The van der Waals surface area contributed by atoms with Crippen LogP contribution in [-0.2, 0) is 0 Å². The Morgan fingerprint density at radius 3 is 3.25 bits per heavy atom. The number of hydrogen-bond acceptors (Lipinski definition) is 2. The highest BCUT2D eigenvalue weighted by molar-refractivity contribution is 5.92. The highest BCUT2D eigenvalue weighted by atomic mass is 16.1. The summed E-state index contributed by atoms with van der Waals surface area (Å²) in [6.45, 7) is 4.16. The Labute approximate surface area is 70.7 Å². The minimum absolute atomic E-state index is 0.130. The molecule has 4 heteroatoms. The van der Waals surface area contributed by atoms with Gasteiger partial charge < -0.3 is 5.32 Å². The molecule has 1 amide bonds. The van der Waals surface area contributed by atoms with Crippen LogP contribution in [0.2, 0.25) is 0 Å². The maximum atomic E-state index is 11.2. The van der Waals surface area contributed by atoms with E-state index in [0.29, 0.717) is 12.2 Å². The standard InChI is InChI=1S/C8H11N3O/c1-2-3-5-9-8(12)7-4-6-10-11-7/h2,4,6H,1,3,5H2,(H,9,12)(H,10,11). The molecule has 0 bridgehead atoms. The molecule has 0 radical (unpaired) electrons. The highest BCUT2D eigenvalue weighted by Crippen LogP contribution is 1.90. The summed E-state index contributed by atoms with van der Waals surface area (Å²) < 4.78 is 0. The van der Waals surface area contributed by atoms with Crippen molar-refractivity contribution in [2.75, 3.05) is 6.54 Å². The summed E-state index contributed by atoms with van der Waals surface area (Å²) in [6.07, 6.45) is 4.08. The van der Waals surface area contributed by atoms with Crippen LogP contribution < -0.4 is 5.32 Å². The summed E-state index contributed by atoms with van der Waals surface area (Å²) in [4.78, 5) is 11.2. The van der Waals surface area contributed by atoms with Crippen LogP contribution in [0.3, 0.4) is 0 Å². The van der Waals surface area contributed by atoms with Gasteiger partial charge in [-0.15, -0.1) is 6.58 Å². The van der Waals surface area contributed by atoms with Crippen molar-refractivity contribution < 1.29 is 4.79 Å². The second-order valence-electron chi connectivity index (χ2n) is 2.30. The molecule has 1 rings (SSSR count). The first-order valence-corrected chi connectivity index (χ1v) is 3.73. The molecule has 0 atom stereocenters. The van der Waals surface area contributed by atoms with Crippen LogP contribution in [0.25, 0.3) is 0 Å². The Balaban J connectivity index is 2.34. The molecule has 0 aliphatic heterocycles. The predicted octanol–water partition coefficient (Wildman–Crippen LogP) is 0.716. The number of aromatic amines is 1. The average Bonchev–Trinajstić information content (AvgIpc) is 2.56. The van der Waals surface area contributed by atoms with Crippen LogP contribution in [0.15, 0.2) is 24.9 Å². The summed E-state index contributed by atoms with van der Waals surface area (Å²) in [5, 5.41) is 8.95. The second-order valence-corrected chi connectivity index (χ2v) is 2.30. The van der Waals surface area contributed by atoms with Crippen molar-refractivity contribution in [2.24, 2.45) is 0 Å². The van der Waals surface area contributed by atoms with Crippen LogP contribution in [-0.4, -0.2) is 22.6 Å². The van der Waals surface area contributed by atoms with Gasteiger partial charge in [-0.1, -0.05) is 6.08 Å². The minimum atomic E-state index is -0.130. The van der Waals surface area contributed by atoms with Gasteiger partial charge in [-0.3, -0.25) is 9.89 Å². The molecule has 0 aliphatic rings. The third kappa shape index (κ3) is 2.23. The van der Waals surface area contributed by atoms with Gasteiger partial charge in [0.1, 0.15) is 5.69 Å². The third-order valence-corrected chi connectivity index (χ3v) is 1.38. The molecular weight excluding hydrogens is 154 g/mol. The number of carbonyl (C=O) groups excluding carboxylic acids is 1. The second kappa shape index (κ2) is 4.33. The predicted molar refractivity (Wildman–Crippen MR) is 45.7 cm³/mol. The SMILES string of the molecule is C=CCCNC(=O)c1ccn[nH]1. The highest BCUT2D eigenvalue weighted by Gasteiger charge is 2.03. The van der Waals surface area contributed by atoms with E-state index < -0.39 is 0 Å². The molecule has 1 aromatic rings. The van der Waals surface area contributed by atoms with E-state index >= 15 is 0 Å². The first kappa shape index (κ1) is 8.52. The van der Waals surface area contributed by atoms with Crippen LogP contribution in [0.1, 0.15) is 16.9 Å². The molecule has 1 heterocycles. The van der Waals surface area contributed by atoms with Crippen LogP contribution in [0.4, 0.5) is 0 Å². The lowest BCUT2D eigenvalue weighted by molar-refractivity contribution is 0.0949. The number of carbonyl (C=O) groups is 1. The lowest BCUT2D eigenvalue weighted by Crippen LogP contribution is -2.24. The average molecular weight is 165 g/mol. The maximum absolute atomic E-state index is 11.2. The maximum Gasteiger partial charge on any atom is 0.269 e. The number of aromatic nitrogens is 2. The first-order valence-electron chi connectivity index (χ1n) is 3.73. The zero-order valence-corrected chi connectivity index (χ0v) is 6.71. The summed E-state index contributed by atoms with van der Waals surface area (Å²) in [5.41, 5.74) is 0.485. The van der Waals surface area contributed by atoms with Crippen molar-refractivity contribution in [2.45, 2.75) is 6.42 Å². The van der Waals surface area contributed by atoms with Gasteiger partial charge in [-0.05, 0) is 12.5 Å². The number of hydrogen-bond donors (Lipinski definition) is 2. The topological polar surface area (TPSA) is 57.8 Å². The minimum Gasteiger partial charge on any atom is -0.350 e. The molecule has 2 N–H and O–H groups in total. The van der Waals surface area contributed by atoms with Gasteiger partial charge in [-0.2, -0.15) is 5.10 Å². The molecule has 0 unspecified atom stereocenters. The number of H-pyrrole nitrogens is 1. The fraction of sp³-hybridized carbons (Fsp3) is 0.250. The van der Waals surface area contributed by atoms with E-state index in [0.717, 1.165) is 6.42 Å². The molecule has 0 saturated carbocycles. The zero-order chi connectivity index (χ0) is 8.81. The van der Waals surface area contributed by atoms with E-state index in [2.05, 4.69) is 22.1 Å². The molecule has 12 heavy (non-hydrogen) atoms. The van der Waals surface area contributed by atoms with Gasteiger partial charge in [-0.25, -0.2) is 0 Å². The van der Waals surface area contributed by atoms with E-state index in [-0.39, 0.29) is 5.91 Å². The van der Waals surface area contributed by atoms with Crippen molar-refractivity contribution in [1.82, 2.24) is 15.5 Å². The largest absolute Gasteiger partial charge is 0.350 e. The Kier molecular flexibility index (Phi) is 3.07. The van der Waals surface area contributed by atoms with Crippen LogP contribution in [0.5, 0.6) is 0 Å². The van der Waals surface area contributed by atoms with Crippen LogP contribution >= 0.6 is 0 Å². The van der Waals surface area contributed by atoms with Crippen molar-refractivity contribution >= 4 is 5.91 Å². The molecule has 4 nitrogen and oxygen atoms in total. The summed E-state index contributed by atoms with van der Waals surface area (Å²) in [6, 6.07) is 1.63. The summed E-state index contributed by atoms with van der Waals surface area (Å²) >= 11 is 0. The molecule has 0 spiro atoms. The van der Waals surface area contributed by atoms with Crippen LogP contribution in [0, 0.1) is 0 Å². The molecule has 0 fully saturated rings. The van der Waals surface area contributed by atoms with Gasteiger partial charge in [0.05, 0.1) is 0 Å². The van der Waals surface area contributed by atoms with Crippen molar-refractivity contribution in [1.29, 1.82) is 0 Å². The Morgan fingerprint density at radius 1 is 1.83 bits per heavy atom. The van der Waals surface area contributed by atoms with Gasteiger partial charge >= 0.3 is 0 Å². The van der Waals surface area contributed by atoms with Gasteiger partial charge in [0.15, 0.2) is 0 Å². The Bertz CT molecular complexity index is 253. The van der Waals surface area contributed by atoms with Crippen molar-refractivity contribution in [3.8, 4) is 0 Å². The lowest BCUT2D eigenvalue weighted by Gasteiger charge is -1.99. The number of amides is 1. The quantitative estimate of drug-likeness (QED) is 0.510. The Hall–Kier alpha value is -1.58. The number of rotatable bonds is 4. The van der Waals surface area contributed by atoms with Gasteiger partial charge in [0.2, 0.25) is 0 Å². The van der Waals surface area contributed by atoms with Crippen molar-refractivity contribution in [3.05, 3.63) is 30.6 Å². The number of nitrogens with zero attached hydrogens (tertiary/aromatic N) is 1. The normalized spacial score (nSPS) is 9.33. The first-order chi connectivity index (χ1) is 5.84. The molecule has 0 saturated heterocycles. The third-order valence-electron chi connectivity index (χ3n) is 1.38. The van der Waals surface area contributed by atoms with Gasteiger partial charge in [0, 0.05) is 12.7 Å². The zero-order valence-electron chi connectivity index (χ0n) is 6.71. The summed E-state index contributed by atoms with van der Waals surface area (Å²) in [7, 11) is 0. The van der Waals surface area contributed by atoms with E-state index in [9.17, 15) is 4.79 Å². The molecule has 0 aliphatic carbocycles. The van der Waals surface area contributed by atoms with E-state index in [1.165, 1.54) is 0 Å². The van der Waals surface area contributed by atoms with E-state index in [1.807, 2.05) is 0 Å². The fourth-order valence-electron chi connectivity index (χ4n) is 0.765. The number of nitrogens with one attached hydrogen (secondary N) is 2. The smallest absolute Gasteiger partial charge is 0.269 e. The molecule has 64 valence electrons. The molecule has 1 aromatic heterocycles. The molecule has 0 aromatic carbocycles. The molecular formula is C8H11N3O. The monoisotopic (exact) mass is 165 g/mol. The van der Waals surface area contributed by atoms with Gasteiger partial charge in [0.25, 0.3) is 5.91 Å². The summed E-state index contributed by atoms with van der Waals surface area (Å²) in [5.74, 6) is -0.130.